The quantitative estimate of drug-likeness (QED) is 0.504. The summed E-state index contributed by atoms with van der Waals surface area (Å²) in [5, 5.41) is 0.567. The van der Waals surface area contributed by atoms with E-state index >= 15 is 0 Å². The zero-order valence-electron chi connectivity index (χ0n) is 17.4. The van der Waals surface area contributed by atoms with Crippen molar-refractivity contribution in [3.8, 4) is 11.5 Å². The van der Waals surface area contributed by atoms with Gasteiger partial charge in [0.15, 0.2) is 0 Å². The molecule has 166 valence electrons. The third-order valence-corrected chi connectivity index (χ3v) is 6.31. The Morgan fingerprint density at radius 3 is 2.53 bits per heavy atom. The van der Waals surface area contributed by atoms with Gasteiger partial charge in [0.05, 0.1) is 18.0 Å². The lowest BCUT2D eigenvalue weighted by Gasteiger charge is -2.24. The first kappa shape index (κ1) is 22.1. The minimum absolute atomic E-state index is 0.0932. The van der Waals surface area contributed by atoms with Gasteiger partial charge in [0, 0.05) is 36.3 Å². The lowest BCUT2D eigenvalue weighted by atomic mass is 10.1. The van der Waals surface area contributed by atoms with Crippen molar-refractivity contribution < 1.29 is 17.9 Å². The predicted octanol–water partition coefficient (Wildman–Crippen LogP) is 4.56. The van der Waals surface area contributed by atoms with Crippen molar-refractivity contribution in [2.24, 2.45) is 0 Å². The van der Waals surface area contributed by atoms with Crippen LogP contribution in [-0.4, -0.2) is 49.4 Å². The number of halogens is 1. The topological polar surface area (TPSA) is 79.8 Å². The predicted molar refractivity (Wildman–Crippen MR) is 124 cm³/mol. The molecule has 3 aromatic rings. The molecule has 1 fully saturated rings. The number of ether oxygens (including phenoxy) is 1. The molecule has 32 heavy (non-hydrogen) atoms. The van der Waals surface area contributed by atoms with Gasteiger partial charge in [-0.1, -0.05) is 23.7 Å². The standard InChI is InChI=1S/C23H22ClN3O4S/c1-32(29,30)13-12-26-16-22(27(23(26)28)19-9-7-18(24)8-10-19)17-4-2-5-20(14-17)31-21-6-3-11-25-15-21/h2-11,14-15,22H,12-13,16H2,1H3. The molecule has 7 nitrogen and oxygen atoms in total. The fourth-order valence-electron chi connectivity index (χ4n) is 3.59. The Hall–Kier alpha value is -3.10. The maximum absolute atomic E-state index is 13.3. The smallest absolute Gasteiger partial charge is 0.325 e. The Morgan fingerprint density at radius 1 is 1.09 bits per heavy atom. The van der Waals surface area contributed by atoms with E-state index in [9.17, 15) is 13.2 Å². The van der Waals surface area contributed by atoms with Gasteiger partial charge in [0.25, 0.3) is 0 Å². The number of carbonyl (C=O) groups is 1. The Balaban J connectivity index is 1.65. The summed E-state index contributed by atoms with van der Waals surface area (Å²) in [6.45, 7) is 0.484. The van der Waals surface area contributed by atoms with Crippen LogP contribution in [0.25, 0.3) is 0 Å². The summed E-state index contributed by atoms with van der Waals surface area (Å²) in [6.07, 6.45) is 4.46. The highest BCUT2D eigenvalue weighted by Crippen LogP contribution is 2.36. The molecule has 0 bridgehead atoms. The number of urea groups is 1. The Bertz CT molecular complexity index is 1200. The maximum atomic E-state index is 13.3. The van der Waals surface area contributed by atoms with Crippen molar-refractivity contribution in [2.75, 3.05) is 30.0 Å². The number of amides is 2. The van der Waals surface area contributed by atoms with Gasteiger partial charge < -0.3 is 9.64 Å². The molecule has 1 aliphatic rings. The first-order valence-electron chi connectivity index (χ1n) is 9.99. The lowest BCUT2D eigenvalue weighted by Crippen LogP contribution is -2.35. The van der Waals surface area contributed by atoms with Gasteiger partial charge in [0.1, 0.15) is 21.3 Å². The summed E-state index contributed by atoms with van der Waals surface area (Å²) < 4.78 is 29.2. The number of aromatic nitrogens is 1. The lowest BCUT2D eigenvalue weighted by molar-refractivity contribution is 0.223. The first-order valence-corrected chi connectivity index (χ1v) is 12.4. The second-order valence-electron chi connectivity index (χ2n) is 7.58. The first-order chi connectivity index (χ1) is 15.3. The van der Waals surface area contributed by atoms with E-state index in [4.69, 9.17) is 16.3 Å². The highest BCUT2D eigenvalue weighted by molar-refractivity contribution is 7.90. The highest BCUT2D eigenvalue weighted by atomic mass is 35.5. The van der Waals surface area contributed by atoms with Crippen LogP contribution in [-0.2, 0) is 9.84 Å². The number of anilines is 1. The largest absolute Gasteiger partial charge is 0.456 e. The Kier molecular flexibility index (Phi) is 6.34. The molecule has 1 aromatic heterocycles. The van der Waals surface area contributed by atoms with Crippen molar-refractivity contribution in [2.45, 2.75) is 6.04 Å². The minimum Gasteiger partial charge on any atom is -0.456 e. The zero-order chi connectivity index (χ0) is 22.7. The number of nitrogens with zero attached hydrogens (tertiary/aromatic N) is 3. The molecule has 1 saturated heterocycles. The number of sulfone groups is 1. The van der Waals surface area contributed by atoms with E-state index in [1.807, 2.05) is 30.3 Å². The molecular weight excluding hydrogens is 450 g/mol. The number of carbonyl (C=O) groups excluding carboxylic acids is 1. The molecule has 9 heteroatoms. The van der Waals surface area contributed by atoms with Gasteiger partial charge in [-0.15, -0.1) is 0 Å². The highest BCUT2D eigenvalue weighted by Gasteiger charge is 2.39. The molecule has 2 heterocycles. The van der Waals surface area contributed by atoms with Crippen LogP contribution in [0.15, 0.2) is 73.1 Å². The van der Waals surface area contributed by atoms with Crippen LogP contribution >= 0.6 is 11.6 Å². The monoisotopic (exact) mass is 471 g/mol. The fraction of sp³-hybridized carbons (Fsp3) is 0.217. The van der Waals surface area contributed by atoms with Crippen molar-refractivity contribution in [3.05, 3.63) is 83.6 Å². The van der Waals surface area contributed by atoms with E-state index < -0.39 is 9.84 Å². The van der Waals surface area contributed by atoms with E-state index in [1.54, 1.807) is 52.5 Å². The van der Waals surface area contributed by atoms with E-state index in [0.717, 1.165) is 5.56 Å². The van der Waals surface area contributed by atoms with Gasteiger partial charge in [-0.05, 0) is 54.1 Å². The van der Waals surface area contributed by atoms with Crippen molar-refractivity contribution in [1.29, 1.82) is 0 Å². The van der Waals surface area contributed by atoms with Gasteiger partial charge in [-0.3, -0.25) is 9.88 Å². The number of hydrogen-bond donors (Lipinski definition) is 0. The number of rotatable bonds is 7. The van der Waals surface area contributed by atoms with Crippen LogP contribution in [0.4, 0.5) is 10.5 Å². The molecule has 0 spiro atoms. The van der Waals surface area contributed by atoms with E-state index in [1.165, 1.54) is 6.26 Å². The fourth-order valence-corrected chi connectivity index (χ4v) is 4.27. The molecule has 0 saturated carbocycles. The summed E-state index contributed by atoms with van der Waals surface area (Å²) in [5.74, 6) is 1.13. The summed E-state index contributed by atoms with van der Waals surface area (Å²) in [4.78, 5) is 20.5. The molecule has 4 rings (SSSR count). The van der Waals surface area contributed by atoms with Crippen LogP contribution in [0.5, 0.6) is 11.5 Å². The summed E-state index contributed by atoms with van der Waals surface area (Å²) in [6, 6.07) is 17.6. The third kappa shape index (κ3) is 5.20. The maximum Gasteiger partial charge on any atom is 0.325 e. The van der Waals surface area contributed by atoms with Crippen LogP contribution in [0, 0.1) is 0 Å². The molecule has 1 aliphatic heterocycles. The molecule has 1 atom stereocenters. The molecule has 1 unspecified atom stereocenters. The van der Waals surface area contributed by atoms with Crippen LogP contribution in [0.1, 0.15) is 11.6 Å². The normalized spacial score (nSPS) is 16.4. The average Bonchev–Trinajstić information content (AvgIpc) is 3.10. The Morgan fingerprint density at radius 2 is 1.84 bits per heavy atom. The average molecular weight is 472 g/mol. The van der Waals surface area contributed by atoms with E-state index in [0.29, 0.717) is 28.8 Å². The van der Waals surface area contributed by atoms with E-state index in [2.05, 4.69) is 4.98 Å². The number of benzene rings is 2. The van der Waals surface area contributed by atoms with Crippen LogP contribution < -0.4 is 9.64 Å². The van der Waals surface area contributed by atoms with Crippen molar-refractivity contribution in [1.82, 2.24) is 9.88 Å². The van der Waals surface area contributed by atoms with Crippen molar-refractivity contribution >= 4 is 33.2 Å². The molecule has 2 aromatic carbocycles. The molecular formula is C23H22ClN3O4S. The van der Waals surface area contributed by atoms with Crippen LogP contribution in [0.2, 0.25) is 5.02 Å². The molecule has 0 radical (unpaired) electrons. The number of pyridine rings is 1. The van der Waals surface area contributed by atoms with Gasteiger partial charge in [-0.25, -0.2) is 13.2 Å². The van der Waals surface area contributed by atoms with Crippen LogP contribution in [0.3, 0.4) is 0 Å². The van der Waals surface area contributed by atoms with Crippen molar-refractivity contribution in [3.63, 3.8) is 0 Å². The van der Waals surface area contributed by atoms with Gasteiger partial charge in [-0.2, -0.15) is 0 Å². The third-order valence-electron chi connectivity index (χ3n) is 5.13. The summed E-state index contributed by atoms with van der Waals surface area (Å²) in [7, 11) is -3.20. The molecule has 0 aliphatic carbocycles. The molecule has 2 amide bonds. The summed E-state index contributed by atoms with van der Waals surface area (Å²) in [5.41, 5.74) is 1.56. The minimum atomic E-state index is -3.20. The van der Waals surface area contributed by atoms with E-state index in [-0.39, 0.29) is 24.4 Å². The molecule has 0 N–H and O–H groups in total. The second-order valence-corrected chi connectivity index (χ2v) is 10.3. The Labute approximate surface area is 192 Å². The summed E-state index contributed by atoms with van der Waals surface area (Å²) >= 11 is 6.03. The van der Waals surface area contributed by atoms with Gasteiger partial charge >= 0.3 is 6.03 Å². The number of hydrogen-bond acceptors (Lipinski definition) is 5. The van der Waals surface area contributed by atoms with Gasteiger partial charge in [0.2, 0.25) is 0 Å². The SMILES string of the molecule is CS(=O)(=O)CCN1CC(c2cccc(Oc3cccnc3)c2)N(c2ccc(Cl)cc2)C1=O. The second kappa shape index (κ2) is 9.18. The zero-order valence-corrected chi connectivity index (χ0v) is 19.0.